The minimum atomic E-state index is -0.705. The standard InChI is InChI=1S/C10H17O3P/c11-10(12)8-6-4-2-1-3-5-7-9-14-13/h1-8H2,(H,11,12). The Morgan fingerprint density at radius 3 is 2.21 bits per heavy atom. The van der Waals surface area contributed by atoms with Crippen LogP contribution in [0.15, 0.2) is 0 Å². The zero-order chi connectivity index (χ0) is 10.6. The van der Waals surface area contributed by atoms with Crippen molar-refractivity contribution in [1.82, 2.24) is 0 Å². The number of aliphatic carboxylic acids is 1. The Kier molecular flexibility index (Phi) is 10.2. The van der Waals surface area contributed by atoms with Gasteiger partial charge in [0, 0.05) is 0 Å². The Morgan fingerprint density at radius 1 is 1.07 bits per heavy atom. The van der Waals surface area contributed by atoms with E-state index in [1.807, 2.05) is 0 Å². The van der Waals surface area contributed by atoms with Gasteiger partial charge in [0.25, 0.3) is 0 Å². The molecule has 0 radical (unpaired) electrons. The summed E-state index contributed by atoms with van der Waals surface area (Å²) in [6, 6.07) is 0. The minimum absolute atomic E-state index is 0.00661. The van der Waals surface area contributed by atoms with Crippen molar-refractivity contribution >= 4 is 13.9 Å². The first-order chi connectivity index (χ1) is 6.77. The van der Waals surface area contributed by atoms with E-state index in [1.165, 1.54) is 0 Å². The average molecular weight is 216 g/mol. The second kappa shape index (κ2) is 10.6. The van der Waals surface area contributed by atoms with Gasteiger partial charge in [0.2, 0.25) is 0 Å². The van der Waals surface area contributed by atoms with Crippen molar-refractivity contribution in [3.8, 4) is 5.63 Å². The van der Waals surface area contributed by atoms with Gasteiger partial charge in [-0.1, -0.05) is 0 Å². The van der Waals surface area contributed by atoms with E-state index in [0.717, 1.165) is 44.9 Å². The maximum absolute atomic E-state index is 10.2. The first-order valence-electron chi connectivity index (χ1n) is 5.04. The Labute approximate surface area is 86.0 Å². The monoisotopic (exact) mass is 216 g/mol. The van der Waals surface area contributed by atoms with Crippen LogP contribution in [0.25, 0.3) is 0 Å². The number of rotatable bonds is 8. The Bertz CT molecular complexity index is 243. The molecule has 80 valence electrons. The van der Waals surface area contributed by atoms with Gasteiger partial charge in [-0.25, -0.2) is 0 Å². The van der Waals surface area contributed by atoms with Crippen molar-refractivity contribution in [2.45, 2.75) is 51.4 Å². The van der Waals surface area contributed by atoms with E-state index in [-0.39, 0.29) is 14.3 Å². The molecule has 1 N–H and O–H groups in total. The maximum atomic E-state index is 10.2. The molecule has 0 amide bonds. The van der Waals surface area contributed by atoms with Gasteiger partial charge < -0.3 is 0 Å². The molecule has 0 aromatic carbocycles. The zero-order valence-electron chi connectivity index (χ0n) is 8.37. The topological polar surface area (TPSA) is 54.4 Å². The molecule has 0 unspecified atom stereocenters. The van der Waals surface area contributed by atoms with Gasteiger partial charge in [-0.3, -0.25) is 0 Å². The van der Waals surface area contributed by atoms with Crippen LogP contribution in [0.2, 0.25) is 0 Å². The SMILES string of the molecule is O=P#CCCCCCCCCC(=O)O. The quantitative estimate of drug-likeness (QED) is 0.499. The van der Waals surface area contributed by atoms with Gasteiger partial charge in [-0.05, 0) is 0 Å². The number of carboxylic acid groups (broad SMARTS) is 1. The molecule has 14 heavy (non-hydrogen) atoms. The van der Waals surface area contributed by atoms with Crippen LogP contribution in [0.5, 0.6) is 0 Å². The molecule has 0 aliphatic carbocycles. The summed E-state index contributed by atoms with van der Waals surface area (Å²) >= 11 is 0. The van der Waals surface area contributed by atoms with Crippen molar-refractivity contribution in [2.24, 2.45) is 0 Å². The van der Waals surface area contributed by atoms with E-state index in [0.29, 0.717) is 0 Å². The summed E-state index contributed by atoms with van der Waals surface area (Å²) < 4.78 is 9.97. The van der Waals surface area contributed by atoms with Crippen molar-refractivity contribution in [3.05, 3.63) is 0 Å². The van der Waals surface area contributed by atoms with E-state index < -0.39 is 5.97 Å². The molecule has 3 nitrogen and oxygen atoms in total. The molecule has 0 aromatic rings. The average Bonchev–Trinajstić information content (AvgIpc) is 2.15. The van der Waals surface area contributed by atoms with Gasteiger partial charge in [-0.15, -0.1) is 0 Å². The zero-order valence-corrected chi connectivity index (χ0v) is 9.26. The van der Waals surface area contributed by atoms with Crippen molar-refractivity contribution in [3.63, 3.8) is 0 Å². The summed E-state index contributed by atoms with van der Waals surface area (Å²) in [5.74, 6) is -0.705. The molecule has 0 aliphatic heterocycles. The van der Waals surface area contributed by atoms with E-state index >= 15 is 0 Å². The number of carboxylic acids is 1. The normalized spacial score (nSPS) is 9.43. The summed E-state index contributed by atoms with van der Waals surface area (Å²) in [4.78, 5) is 10.2. The van der Waals surface area contributed by atoms with Gasteiger partial charge >= 0.3 is 85.3 Å². The third-order valence-electron chi connectivity index (χ3n) is 1.99. The van der Waals surface area contributed by atoms with Crippen molar-refractivity contribution < 1.29 is 14.5 Å². The number of hydrogen-bond acceptors (Lipinski definition) is 2. The Hall–Kier alpha value is -0.520. The molecule has 0 heterocycles. The predicted molar refractivity (Wildman–Crippen MR) is 56.1 cm³/mol. The molecule has 0 saturated carbocycles. The fourth-order valence-corrected chi connectivity index (χ4v) is 1.48. The van der Waals surface area contributed by atoms with Crippen LogP contribution in [-0.2, 0) is 9.36 Å². The van der Waals surface area contributed by atoms with Crippen molar-refractivity contribution in [2.75, 3.05) is 0 Å². The van der Waals surface area contributed by atoms with Crippen molar-refractivity contribution in [1.29, 1.82) is 0 Å². The van der Waals surface area contributed by atoms with E-state index in [4.69, 9.17) is 5.11 Å². The molecule has 0 aromatic heterocycles. The third-order valence-corrected chi connectivity index (χ3v) is 2.35. The molecule has 0 aliphatic rings. The molecule has 0 bridgehead atoms. The summed E-state index contributed by atoms with van der Waals surface area (Å²) in [7, 11) is 0.00661. The summed E-state index contributed by atoms with van der Waals surface area (Å²) in [6.45, 7) is 0. The second-order valence-corrected chi connectivity index (χ2v) is 3.76. The van der Waals surface area contributed by atoms with Crippen LogP contribution in [0.3, 0.4) is 0 Å². The summed E-state index contributed by atoms with van der Waals surface area (Å²) in [5, 5.41) is 8.37. The number of unbranched alkanes of at least 4 members (excludes halogenated alkanes) is 6. The Balaban J connectivity index is 3.01. The van der Waals surface area contributed by atoms with E-state index in [2.05, 4.69) is 5.63 Å². The van der Waals surface area contributed by atoms with Crippen LogP contribution in [-0.4, -0.2) is 11.1 Å². The van der Waals surface area contributed by atoms with Crippen LogP contribution < -0.4 is 0 Å². The summed E-state index contributed by atoms with van der Waals surface area (Å²) in [6.07, 6.45) is 7.26. The molecule has 0 saturated heterocycles. The van der Waals surface area contributed by atoms with Gasteiger partial charge in [0.15, 0.2) is 0 Å². The number of carbonyl (C=O) groups is 1. The molecule has 0 rings (SSSR count). The van der Waals surface area contributed by atoms with Gasteiger partial charge in [0.1, 0.15) is 0 Å². The van der Waals surface area contributed by atoms with E-state index in [1.54, 1.807) is 0 Å². The number of hydrogen-bond donors (Lipinski definition) is 1. The van der Waals surface area contributed by atoms with Crippen LogP contribution in [0, 0.1) is 5.63 Å². The van der Waals surface area contributed by atoms with Crippen LogP contribution in [0.1, 0.15) is 51.4 Å². The van der Waals surface area contributed by atoms with Crippen LogP contribution in [0.4, 0.5) is 0 Å². The molecule has 4 heteroatoms. The molecular weight excluding hydrogens is 199 g/mol. The fraction of sp³-hybridized carbons (Fsp3) is 0.800. The molecular formula is C10H17O3P. The summed E-state index contributed by atoms with van der Waals surface area (Å²) in [5.41, 5.74) is 2.70. The first kappa shape index (κ1) is 13.5. The fourth-order valence-electron chi connectivity index (χ4n) is 1.23. The van der Waals surface area contributed by atoms with Gasteiger partial charge in [-0.2, -0.15) is 0 Å². The Morgan fingerprint density at radius 2 is 1.64 bits per heavy atom. The molecule has 0 atom stereocenters. The van der Waals surface area contributed by atoms with E-state index in [9.17, 15) is 9.36 Å². The van der Waals surface area contributed by atoms with Crippen LogP contribution >= 0.6 is 7.92 Å². The molecule has 0 fully saturated rings. The second-order valence-electron chi connectivity index (χ2n) is 3.26. The predicted octanol–water partition coefficient (Wildman–Crippen LogP) is 3.44. The third kappa shape index (κ3) is 11.5. The van der Waals surface area contributed by atoms with Gasteiger partial charge in [0.05, 0.1) is 0 Å². The first-order valence-corrected chi connectivity index (χ1v) is 5.85. The molecule has 0 spiro atoms.